The highest BCUT2D eigenvalue weighted by atomic mass is 35.5. The second kappa shape index (κ2) is 11.6. The summed E-state index contributed by atoms with van der Waals surface area (Å²) in [6.07, 6.45) is 7.45. The SMILES string of the molecule is COc1cnc2ccc(Cl)c(C(O)CN3CCCC(CNCC=Cc4ccccc4)C3)c2n1. The van der Waals surface area contributed by atoms with Crippen molar-refractivity contribution in [2.45, 2.75) is 18.9 Å². The first-order chi connectivity index (χ1) is 16.1. The van der Waals surface area contributed by atoms with Gasteiger partial charge in [0.1, 0.15) is 5.52 Å². The van der Waals surface area contributed by atoms with E-state index in [1.165, 1.54) is 12.0 Å². The Balaban J connectivity index is 1.33. The van der Waals surface area contributed by atoms with Gasteiger partial charge in [0.2, 0.25) is 5.88 Å². The molecule has 1 aromatic heterocycles. The third-order valence-corrected chi connectivity index (χ3v) is 6.39. The number of β-amino-alcohol motifs (C(OH)–C–C–N with tert-alkyl or cyclic N) is 1. The summed E-state index contributed by atoms with van der Waals surface area (Å²) >= 11 is 6.48. The van der Waals surface area contributed by atoms with Crippen LogP contribution in [0.4, 0.5) is 0 Å². The number of hydrogen-bond acceptors (Lipinski definition) is 6. The summed E-state index contributed by atoms with van der Waals surface area (Å²) in [6.45, 7) is 4.24. The Kier molecular flexibility index (Phi) is 8.29. The van der Waals surface area contributed by atoms with Crippen molar-refractivity contribution in [2.24, 2.45) is 5.92 Å². The van der Waals surface area contributed by atoms with Crippen molar-refractivity contribution in [3.8, 4) is 5.88 Å². The highest BCUT2D eigenvalue weighted by Gasteiger charge is 2.25. The van der Waals surface area contributed by atoms with Crippen molar-refractivity contribution < 1.29 is 9.84 Å². The van der Waals surface area contributed by atoms with Gasteiger partial charge in [0.05, 0.1) is 24.9 Å². The predicted molar refractivity (Wildman–Crippen MR) is 134 cm³/mol. The van der Waals surface area contributed by atoms with Crippen LogP contribution in [-0.2, 0) is 0 Å². The molecule has 6 nitrogen and oxygen atoms in total. The lowest BCUT2D eigenvalue weighted by Crippen LogP contribution is -2.41. The smallest absolute Gasteiger partial charge is 0.232 e. The Morgan fingerprint density at radius 3 is 2.94 bits per heavy atom. The van der Waals surface area contributed by atoms with E-state index < -0.39 is 6.10 Å². The summed E-state index contributed by atoms with van der Waals surface area (Å²) in [5.74, 6) is 0.961. The van der Waals surface area contributed by atoms with Crippen molar-refractivity contribution in [1.82, 2.24) is 20.2 Å². The summed E-state index contributed by atoms with van der Waals surface area (Å²) in [5, 5.41) is 15.1. The molecule has 2 heterocycles. The lowest BCUT2D eigenvalue weighted by molar-refractivity contribution is 0.0851. The van der Waals surface area contributed by atoms with Gasteiger partial charge in [-0.25, -0.2) is 9.97 Å². The number of aromatic nitrogens is 2. The fraction of sp³-hybridized carbons (Fsp3) is 0.385. The zero-order chi connectivity index (χ0) is 23.0. The quantitative estimate of drug-likeness (QED) is 0.457. The molecular weight excluding hydrogens is 436 g/mol. The summed E-state index contributed by atoms with van der Waals surface area (Å²) < 4.78 is 5.22. The number of aliphatic hydroxyl groups is 1. The van der Waals surface area contributed by atoms with Crippen LogP contribution in [0.25, 0.3) is 17.1 Å². The van der Waals surface area contributed by atoms with Crippen LogP contribution < -0.4 is 10.1 Å². The lowest BCUT2D eigenvalue weighted by Gasteiger charge is -2.34. The van der Waals surface area contributed by atoms with Gasteiger partial charge in [-0.1, -0.05) is 54.1 Å². The zero-order valence-corrected chi connectivity index (χ0v) is 19.7. The molecule has 1 saturated heterocycles. The molecule has 0 bridgehead atoms. The van der Waals surface area contributed by atoms with E-state index in [4.69, 9.17) is 16.3 Å². The van der Waals surface area contributed by atoms with E-state index in [1.54, 1.807) is 19.4 Å². The van der Waals surface area contributed by atoms with Gasteiger partial charge in [-0.05, 0) is 49.5 Å². The van der Waals surface area contributed by atoms with Crippen molar-refractivity contribution in [1.29, 1.82) is 0 Å². The van der Waals surface area contributed by atoms with Gasteiger partial charge >= 0.3 is 0 Å². The Morgan fingerprint density at radius 1 is 1.27 bits per heavy atom. The summed E-state index contributed by atoms with van der Waals surface area (Å²) in [6, 6.07) is 13.9. The van der Waals surface area contributed by atoms with Crippen LogP contribution in [-0.4, -0.2) is 59.8 Å². The minimum absolute atomic E-state index is 0.406. The summed E-state index contributed by atoms with van der Waals surface area (Å²) in [4.78, 5) is 11.2. The highest BCUT2D eigenvalue weighted by Crippen LogP contribution is 2.31. The molecule has 7 heteroatoms. The van der Waals surface area contributed by atoms with E-state index in [2.05, 4.69) is 44.5 Å². The predicted octanol–water partition coefficient (Wildman–Crippen LogP) is 4.34. The van der Waals surface area contributed by atoms with E-state index in [1.807, 2.05) is 24.3 Å². The highest BCUT2D eigenvalue weighted by molar-refractivity contribution is 6.32. The third kappa shape index (κ3) is 6.30. The normalized spacial score (nSPS) is 18.1. The molecule has 2 aromatic carbocycles. The first-order valence-corrected chi connectivity index (χ1v) is 11.8. The molecule has 0 spiro atoms. The van der Waals surface area contributed by atoms with Crippen LogP contribution in [0.5, 0.6) is 5.88 Å². The molecule has 4 rings (SSSR count). The molecular formula is C26H31ClN4O2. The van der Waals surface area contributed by atoms with Crippen LogP contribution in [0, 0.1) is 5.92 Å². The average molecular weight is 467 g/mol. The fourth-order valence-corrected chi connectivity index (χ4v) is 4.70. The number of halogens is 1. The molecule has 2 unspecified atom stereocenters. The van der Waals surface area contributed by atoms with Crippen molar-refractivity contribution in [3.05, 3.63) is 70.9 Å². The minimum atomic E-state index is -0.747. The Bertz CT molecular complexity index is 1080. The van der Waals surface area contributed by atoms with E-state index >= 15 is 0 Å². The van der Waals surface area contributed by atoms with Crippen molar-refractivity contribution >= 4 is 28.7 Å². The summed E-state index contributed by atoms with van der Waals surface area (Å²) in [7, 11) is 1.55. The molecule has 2 atom stereocenters. The molecule has 2 N–H and O–H groups in total. The topological polar surface area (TPSA) is 70.5 Å². The number of ether oxygens (including phenoxy) is 1. The number of hydrogen-bond donors (Lipinski definition) is 2. The van der Waals surface area contributed by atoms with Crippen LogP contribution in [0.3, 0.4) is 0 Å². The molecule has 0 amide bonds. The Labute approximate surface area is 200 Å². The van der Waals surface area contributed by atoms with Gasteiger partial charge in [0.25, 0.3) is 0 Å². The molecule has 1 fully saturated rings. The molecule has 0 saturated carbocycles. The number of benzene rings is 2. The van der Waals surface area contributed by atoms with Crippen LogP contribution >= 0.6 is 11.6 Å². The molecule has 1 aliphatic heterocycles. The maximum absolute atomic E-state index is 11.1. The van der Waals surface area contributed by atoms with Crippen LogP contribution in [0.2, 0.25) is 5.02 Å². The van der Waals surface area contributed by atoms with Gasteiger partial charge in [-0.15, -0.1) is 0 Å². The number of methoxy groups -OCH3 is 1. The Morgan fingerprint density at radius 2 is 2.12 bits per heavy atom. The first kappa shape index (κ1) is 23.6. The molecule has 3 aromatic rings. The number of likely N-dealkylation sites (tertiary alicyclic amines) is 1. The monoisotopic (exact) mass is 466 g/mol. The van der Waals surface area contributed by atoms with Crippen molar-refractivity contribution in [2.75, 3.05) is 39.8 Å². The van der Waals surface area contributed by atoms with Gasteiger partial charge in [0, 0.05) is 30.2 Å². The second-order valence-corrected chi connectivity index (χ2v) is 8.90. The van der Waals surface area contributed by atoms with E-state index in [9.17, 15) is 5.11 Å². The third-order valence-electron chi connectivity index (χ3n) is 6.06. The maximum atomic E-state index is 11.1. The van der Waals surface area contributed by atoms with Crippen LogP contribution in [0.15, 0.2) is 54.7 Å². The first-order valence-electron chi connectivity index (χ1n) is 11.5. The van der Waals surface area contributed by atoms with Crippen molar-refractivity contribution in [3.63, 3.8) is 0 Å². The maximum Gasteiger partial charge on any atom is 0.232 e. The number of rotatable bonds is 9. The zero-order valence-electron chi connectivity index (χ0n) is 19.0. The molecule has 174 valence electrons. The van der Waals surface area contributed by atoms with Gasteiger partial charge in [-0.3, -0.25) is 0 Å². The van der Waals surface area contributed by atoms with E-state index in [-0.39, 0.29) is 0 Å². The number of nitrogens with zero attached hydrogens (tertiary/aromatic N) is 3. The molecule has 33 heavy (non-hydrogen) atoms. The molecule has 0 aliphatic carbocycles. The standard InChI is InChI=1S/C26H31ClN4O2/c1-33-24-16-29-22-12-11-21(27)25(26(22)30-24)23(32)18-31-14-6-10-20(17-31)15-28-13-5-9-19-7-3-2-4-8-19/h2-5,7-9,11-12,16,20,23,28,32H,6,10,13-15,17-18H2,1H3. The van der Waals surface area contributed by atoms with E-state index in [0.717, 1.165) is 32.6 Å². The minimum Gasteiger partial charge on any atom is -0.480 e. The van der Waals surface area contributed by atoms with Gasteiger partial charge in [0.15, 0.2) is 0 Å². The average Bonchev–Trinajstić information content (AvgIpc) is 2.84. The van der Waals surface area contributed by atoms with E-state index in [0.29, 0.717) is 40.0 Å². The lowest BCUT2D eigenvalue weighted by atomic mass is 9.97. The largest absolute Gasteiger partial charge is 0.480 e. The number of piperidine rings is 1. The molecule has 1 aliphatic rings. The van der Waals surface area contributed by atoms with Gasteiger partial charge < -0.3 is 20.1 Å². The Hall–Kier alpha value is -2.51. The molecule has 0 radical (unpaired) electrons. The van der Waals surface area contributed by atoms with Crippen LogP contribution in [0.1, 0.15) is 30.1 Å². The second-order valence-electron chi connectivity index (χ2n) is 8.50. The number of aliphatic hydroxyl groups excluding tert-OH is 1. The summed E-state index contributed by atoms with van der Waals surface area (Å²) in [5.41, 5.74) is 3.12. The fourth-order valence-electron chi connectivity index (χ4n) is 4.42. The van der Waals surface area contributed by atoms with Gasteiger partial charge in [-0.2, -0.15) is 0 Å². The number of nitrogens with one attached hydrogen (secondary N) is 1. The number of fused-ring (bicyclic) bond motifs is 1.